The topological polar surface area (TPSA) is 41.1 Å². The number of nitrogens with one attached hydrogen (secondary N) is 1. The van der Waals surface area contributed by atoms with Crippen LogP contribution in [0.4, 0.5) is 11.8 Å². The quantitative estimate of drug-likeness (QED) is 0.849. The molecular formula is C16H21BrN4. The molecule has 0 aliphatic rings. The Kier molecular flexibility index (Phi) is 5.56. The Morgan fingerprint density at radius 3 is 2.29 bits per heavy atom. The Morgan fingerprint density at radius 2 is 1.71 bits per heavy atom. The molecule has 0 aliphatic heterocycles. The number of hydrogen-bond acceptors (Lipinski definition) is 4. The maximum absolute atomic E-state index is 4.76. The van der Waals surface area contributed by atoms with Crippen molar-refractivity contribution in [2.45, 2.75) is 20.8 Å². The molecule has 21 heavy (non-hydrogen) atoms. The third-order valence-corrected chi connectivity index (χ3v) is 4.03. The predicted octanol–water partition coefficient (Wildman–Crippen LogP) is 4.18. The number of nitrogens with zero attached hydrogens (tertiary/aromatic N) is 3. The summed E-state index contributed by atoms with van der Waals surface area (Å²) in [6, 6.07) is 10.2. The number of benzene rings is 1. The lowest BCUT2D eigenvalue weighted by molar-refractivity contribution is 0.821. The van der Waals surface area contributed by atoms with E-state index in [9.17, 15) is 0 Å². The van der Waals surface area contributed by atoms with Crippen LogP contribution in [-0.4, -0.2) is 29.6 Å². The van der Waals surface area contributed by atoms with Gasteiger partial charge in [-0.1, -0.05) is 30.3 Å². The van der Waals surface area contributed by atoms with Gasteiger partial charge in [-0.3, -0.25) is 0 Å². The van der Waals surface area contributed by atoms with Gasteiger partial charge in [0.05, 0.1) is 10.2 Å². The molecule has 0 aliphatic carbocycles. The molecule has 0 atom stereocenters. The van der Waals surface area contributed by atoms with Gasteiger partial charge in [0.25, 0.3) is 0 Å². The fraction of sp³-hybridized carbons (Fsp3) is 0.375. The fourth-order valence-electron chi connectivity index (χ4n) is 2.16. The summed E-state index contributed by atoms with van der Waals surface area (Å²) < 4.78 is 0.909. The lowest BCUT2D eigenvalue weighted by Gasteiger charge is -2.21. The molecule has 1 heterocycles. The van der Waals surface area contributed by atoms with E-state index in [1.54, 1.807) is 0 Å². The minimum atomic E-state index is 0.762. The van der Waals surface area contributed by atoms with E-state index < -0.39 is 0 Å². The third-order valence-electron chi connectivity index (χ3n) is 3.28. The standard InChI is InChI=1S/C16H21BrN4/c1-4-18-15-13(17)14(12-10-8-7-9-11-12)19-16(20-15)21(5-2)6-3/h7-11H,4-6H2,1-3H3,(H,18,19,20). The van der Waals surface area contributed by atoms with Gasteiger partial charge in [-0.25, -0.2) is 4.98 Å². The molecule has 5 heteroatoms. The zero-order valence-corrected chi connectivity index (χ0v) is 14.3. The molecule has 0 amide bonds. The highest BCUT2D eigenvalue weighted by atomic mass is 79.9. The molecule has 0 spiro atoms. The maximum Gasteiger partial charge on any atom is 0.227 e. The summed E-state index contributed by atoms with van der Waals surface area (Å²) in [5.41, 5.74) is 2.00. The van der Waals surface area contributed by atoms with Gasteiger partial charge in [0, 0.05) is 25.2 Å². The van der Waals surface area contributed by atoms with Crippen molar-refractivity contribution in [3.8, 4) is 11.3 Å². The van der Waals surface area contributed by atoms with Crippen LogP contribution in [0, 0.1) is 0 Å². The van der Waals surface area contributed by atoms with Gasteiger partial charge in [0.1, 0.15) is 5.82 Å². The van der Waals surface area contributed by atoms with Gasteiger partial charge in [0.2, 0.25) is 5.95 Å². The van der Waals surface area contributed by atoms with Gasteiger partial charge in [-0.05, 0) is 36.7 Å². The second-order valence-electron chi connectivity index (χ2n) is 4.60. The van der Waals surface area contributed by atoms with Crippen LogP contribution in [-0.2, 0) is 0 Å². The highest BCUT2D eigenvalue weighted by Crippen LogP contribution is 2.33. The molecule has 0 radical (unpaired) electrons. The molecule has 1 N–H and O–H groups in total. The zero-order valence-electron chi connectivity index (χ0n) is 12.7. The summed E-state index contributed by atoms with van der Waals surface area (Å²) in [7, 11) is 0. The largest absolute Gasteiger partial charge is 0.369 e. The van der Waals surface area contributed by atoms with Crippen molar-refractivity contribution >= 4 is 27.7 Å². The van der Waals surface area contributed by atoms with Crippen LogP contribution < -0.4 is 10.2 Å². The lowest BCUT2D eigenvalue weighted by atomic mass is 10.1. The molecule has 2 rings (SSSR count). The number of hydrogen-bond donors (Lipinski definition) is 1. The van der Waals surface area contributed by atoms with E-state index in [-0.39, 0.29) is 0 Å². The van der Waals surface area contributed by atoms with Crippen molar-refractivity contribution in [2.75, 3.05) is 29.9 Å². The van der Waals surface area contributed by atoms with Crippen LogP contribution in [0.3, 0.4) is 0 Å². The van der Waals surface area contributed by atoms with Crippen molar-refractivity contribution < 1.29 is 0 Å². The van der Waals surface area contributed by atoms with Crippen LogP contribution in [0.15, 0.2) is 34.8 Å². The number of rotatable bonds is 6. The number of aromatic nitrogens is 2. The molecule has 2 aromatic rings. The zero-order chi connectivity index (χ0) is 15.2. The minimum Gasteiger partial charge on any atom is -0.369 e. The Labute approximate surface area is 134 Å². The van der Waals surface area contributed by atoms with Crippen molar-refractivity contribution in [3.05, 3.63) is 34.8 Å². The van der Waals surface area contributed by atoms with Gasteiger partial charge >= 0.3 is 0 Å². The van der Waals surface area contributed by atoms with Crippen LogP contribution in [0.5, 0.6) is 0 Å². The maximum atomic E-state index is 4.76. The summed E-state index contributed by atoms with van der Waals surface area (Å²) in [5.74, 6) is 1.60. The van der Waals surface area contributed by atoms with E-state index in [0.717, 1.165) is 47.1 Å². The Balaban J connectivity index is 2.57. The Morgan fingerprint density at radius 1 is 1.05 bits per heavy atom. The highest BCUT2D eigenvalue weighted by molar-refractivity contribution is 9.10. The van der Waals surface area contributed by atoms with E-state index in [0.29, 0.717) is 0 Å². The number of anilines is 2. The van der Waals surface area contributed by atoms with Crippen LogP contribution in [0.25, 0.3) is 11.3 Å². The first-order chi connectivity index (χ1) is 10.2. The average Bonchev–Trinajstić information content (AvgIpc) is 2.52. The van der Waals surface area contributed by atoms with Crippen molar-refractivity contribution in [3.63, 3.8) is 0 Å². The predicted molar refractivity (Wildman–Crippen MR) is 92.9 cm³/mol. The van der Waals surface area contributed by atoms with E-state index in [1.165, 1.54) is 0 Å². The Hall–Kier alpha value is -1.62. The van der Waals surface area contributed by atoms with Gasteiger partial charge in [-0.2, -0.15) is 4.98 Å². The monoisotopic (exact) mass is 348 g/mol. The summed E-state index contributed by atoms with van der Waals surface area (Å²) in [4.78, 5) is 11.6. The summed E-state index contributed by atoms with van der Waals surface area (Å²) in [6.45, 7) is 8.89. The summed E-state index contributed by atoms with van der Waals surface area (Å²) in [5, 5.41) is 3.30. The van der Waals surface area contributed by atoms with Gasteiger partial charge in [0.15, 0.2) is 0 Å². The van der Waals surface area contributed by atoms with Crippen LogP contribution in [0.2, 0.25) is 0 Å². The van der Waals surface area contributed by atoms with E-state index >= 15 is 0 Å². The molecule has 1 aromatic heterocycles. The number of halogens is 1. The van der Waals surface area contributed by atoms with E-state index in [2.05, 4.69) is 64.0 Å². The van der Waals surface area contributed by atoms with Crippen molar-refractivity contribution in [1.82, 2.24) is 9.97 Å². The molecule has 0 unspecified atom stereocenters. The normalized spacial score (nSPS) is 10.5. The first-order valence-corrected chi connectivity index (χ1v) is 8.12. The van der Waals surface area contributed by atoms with Crippen molar-refractivity contribution in [1.29, 1.82) is 0 Å². The smallest absolute Gasteiger partial charge is 0.227 e. The second-order valence-corrected chi connectivity index (χ2v) is 5.40. The molecule has 0 bridgehead atoms. The molecule has 0 saturated carbocycles. The summed E-state index contributed by atoms with van der Waals surface area (Å²) in [6.07, 6.45) is 0. The van der Waals surface area contributed by atoms with Crippen LogP contribution >= 0.6 is 15.9 Å². The SMILES string of the molecule is CCNc1nc(N(CC)CC)nc(-c2ccccc2)c1Br. The molecule has 1 aromatic carbocycles. The minimum absolute atomic E-state index is 0.762. The molecule has 0 fully saturated rings. The first kappa shape index (κ1) is 15.8. The van der Waals surface area contributed by atoms with E-state index in [1.807, 2.05) is 18.2 Å². The van der Waals surface area contributed by atoms with Crippen molar-refractivity contribution in [2.24, 2.45) is 0 Å². The molecule has 0 saturated heterocycles. The molecular weight excluding hydrogens is 328 g/mol. The molecule has 112 valence electrons. The third kappa shape index (κ3) is 3.53. The van der Waals surface area contributed by atoms with E-state index in [4.69, 9.17) is 4.98 Å². The summed E-state index contributed by atoms with van der Waals surface area (Å²) >= 11 is 3.64. The first-order valence-electron chi connectivity index (χ1n) is 7.33. The van der Waals surface area contributed by atoms with Gasteiger partial charge < -0.3 is 10.2 Å². The second kappa shape index (κ2) is 7.41. The van der Waals surface area contributed by atoms with Crippen LogP contribution in [0.1, 0.15) is 20.8 Å². The average molecular weight is 349 g/mol. The Bertz CT molecular complexity index is 582. The fourth-order valence-corrected chi connectivity index (χ4v) is 2.70. The lowest BCUT2D eigenvalue weighted by Crippen LogP contribution is -2.25. The molecule has 4 nitrogen and oxygen atoms in total. The highest BCUT2D eigenvalue weighted by Gasteiger charge is 2.16. The van der Waals surface area contributed by atoms with Gasteiger partial charge in [-0.15, -0.1) is 0 Å².